The van der Waals surface area contributed by atoms with Crippen LogP contribution in [0.2, 0.25) is 0 Å². The van der Waals surface area contributed by atoms with E-state index in [1.807, 2.05) is 13.0 Å². The molecule has 152 valence electrons. The number of halogens is 1. The number of nitrogens with zero attached hydrogens (tertiary/aromatic N) is 1. The number of carbonyl (C=O) groups excluding carboxylic acids is 1. The van der Waals surface area contributed by atoms with Crippen molar-refractivity contribution in [2.24, 2.45) is 0 Å². The molecule has 0 saturated carbocycles. The average Bonchev–Trinajstić information content (AvgIpc) is 2.64. The van der Waals surface area contributed by atoms with E-state index in [4.69, 9.17) is 4.74 Å². The van der Waals surface area contributed by atoms with Crippen molar-refractivity contribution >= 4 is 15.9 Å². The first kappa shape index (κ1) is 21.8. The lowest BCUT2D eigenvalue weighted by atomic mass is 10.2. The van der Waals surface area contributed by atoms with E-state index in [0.29, 0.717) is 17.9 Å². The first-order valence-corrected chi connectivity index (χ1v) is 10.4. The highest BCUT2D eigenvalue weighted by Gasteiger charge is 2.17. The van der Waals surface area contributed by atoms with Gasteiger partial charge < -0.3 is 9.64 Å². The van der Waals surface area contributed by atoms with Crippen molar-refractivity contribution in [2.45, 2.75) is 25.2 Å². The van der Waals surface area contributed by atoms with Crippen molar-refractivity contribution in [1.29, 1.82) is 0 Å². The van der Waals surface area contributed by atoms with Gasteiger partial charge >= 0.3 is 0 Å². The minimum atomic E-state index is -3.67. The van der Waals surface area contributed by atoms with Crippen molar-refractivity contribution < 1.29 is 22.3 Å². The molecule has 0 aliphatic rings. The molecule has 6 nitrogen and oxygen atoms in total. The maximum Gasteiger partial charge on any atom is 0.240 e. The Bertz CT molecular complexity index is 914. The number of hydrogen-bond acceptors (Lipinski definition) is 4. The minimum absolute atomic E-state index is 0.0116. The quantitative estimate of drug-likeness (QED) is 0.692. The summed E-state index contributed by atoms with van der Waals surface area (Å²) >= 11 is 0. The van der Waals surface area contributed by atoms with Crippen LogP contribution < -0.4 is 9.46 Å². The van der Waals surface area contributed by atoms with Gasteiger partial charge in [-0.1, -0.05) is 12.1 Å². The third kappa shape index (κ3) is 6.31. The summed E-state index contributed by atoms with van der Waals surface area (Å²) in [4.78, 5) is 13.9. The number of carbonyl (C=O) groups is 1. The van der Waals surface area contributed by atoms with Crippen LogP contribution in [0.15, 0.2) is 47.4 Å². The Balaban J connectivity index is 1.77. The molecule has 2 aromatic carbocycles. The second-order valence-electron chi connectivity index (χ2n) is 6.53. The number of amides is 1. The van der Waals surface area contributed by atoms with Gasteiger partial charge in [0.25, 0.3) is 0 Å². The molecule has 0 aliphatic heterocycles. The van der Waals surface area contributed by atoms with Gasteiger partial charge in [-0.2, -0.15) is 0 Å². The Morgan fingerprint density at radius 3 is 2.50 bits per heavy atom. The Morgan fingerprint density at radius 2 is 1.82 bits per heavy atom. The monoisotopic (exact) mass is 408 g/mol. The van der Waals surface area contributed by atoms with Crippen molar-refractivity contribution in [1.82, 2.24) is 9.62 Å². The molecule has 0 bridgehead atoms. The number of sulfonamides is 1. The summed E-state index contributed by atoms with van der Waals surface area (Å²) in [5.74, 6) is -0.0298. The molecule has 8 heteroatoms. The van der Waals surface area contributed by atoms with Crippen LogP contribution in [0, 0.1) is 19.7 Å². The van der Waals surface area contributed by atoms with E-state index >= 15 is 0 Å². The van der Waals surface area contributed by atoms with Gasteiger partial charge in [0.2, 0.25) is 15.9 Å². The van der Waals surface area contributed by atoms with Crippen LogP contribution in [-0.2, 0) is 14.8 Å². The number of ether oxygens (including phenoxy) is 1. The maximum absolute atomic E-state index is 12.8. The minimum Gasteiger partial charge on any atom is -0.492 e. The fraction of sp³-hybridized carbons (Fsp3) is 0.350. The summed E-state index contributed by atoms with van der Waals surface area (Å²) in [6.45, 7) is 4.15. The summed E-state index contributed by atoms with van der Waals surface area (Å²) in [5.41, 5.74) is 1.50. The third-order valence-corrected chi connectivity index (χ3v) is 5.80. The Labute approximate surface area is 165 Å². The smallest absolute Gasteiger partial charge is 0.240 e. The van der Waals surface area contributed by atoms with Gasteiger partial charge in [-0.25, -0.2) is 17.5 Å². The van der Waals surface area contributed by atoms with Crippen molar-refractivity contribution in [3.8, 4) is 5.75 Å². The molecule has 0 saturated heterocycles. The summed E-state index contributed by atoms with van der Waals surface area (Å²) in [6, 6.07) is 10.8. The lowest BCUT2D eigenvalue weighted by molar-refractivity contribution is -0.130. The first-order chi connectivity index (χ1) is 13.2. The van der Waals surface area contributed by atoms with Crippen LogP contribution in [-0.4, -0.2) is 46.0 Å². The fourth-order valence-electron chi connectivity index (χ4n) is 2.51. The predicted molar refractivity (Wildman–Crippen MR) is 105 cm³/mol. The average molecular weight is 408 g/mol. The molecule has 1 N–H and O–H groups in total. The first-order valence-electron chi connectivity index (χ1n) is 8.88. The highest BCUT2D eigenvalue weighted by molar-refractivity contribution is 7.89. The van der Waals surface area contributed by atoms with E-state index in [2.05, 4.69) is 4.72 Å². The van der Waals surface area contributed by atoms with Gasteiger partial charge in [-0.15, -0.1) is 0 Å². The standard InChI is InChI=1S/C20H25FN2O4S/c1-15-4-5-16(2)19(14-15)28(25,26)22-11-10-20(24)23(3)12-13-27-18-8-6-17(21)7-9-18/h4-9,14,22H,10-13H2,1-3H3. The predicted octanol–water partition coefficient (Wildman–Crippen LogP) is 2.65. The molecule has 0 spiro atoms. The molecule has 0 heterocycles. The zero-order valence-electron chi connectivity index (χ0n) is 16.2. The van der Waals surface area contributed by atoms with Crippen molar-refractivity contribution in [2.75, 3.05) is 26.7 Å². The highest BCUT2D eigenvalue weighted by Crippen LogP contribution is 2.16. The molecule has 0 fully saturated rings. The van der Waals surface area contributed by atoms with Crippen LogP contribution in [0.4, 0.5) is 4.39 Å². The van der Waals surface area contributed by atoms with Crippen molar-refractivity contribution in [3.63, 3.8) is 0 Å². The maximum atomic E-state index is 12.8. The second-order valence-corrected chi connectivity index (χ2v) is 8.27. The number of hydrogen-bond donors (Lipinski definition) is 1. The largest absolute Gasteiger partial charge is 0.492 e. The lowest BCUT2D eigenvalue weighted by Gasteiger charge is -2.18. The SMILES string of the molecule is Cc1ccc(C)c(S(=O)(=O)NCCC(=O)N(C)CCOc2ccc(F)cc2)c1. The summed E-state index contributed by atoms with van der Waals surface area (Å²) in [5, 5.41) is 0. The number of benzene rings is 2. The highest BCUT2D eigenvalue weighted by atomic mass is 32.2. The number of nitrogens with one attached hydrogen (secondary N) is 1. The van der Waals surface area contributed by atoms with Gasteiger partial charge in [0.05, 0.1) is 11.4 Å². The molecule has 0 unspecified atom stereocenters. The van der Waals surface area contributed by atoms with E-state index in [1.165, 1.54) is 29.2 Å². The van der Waals surface area contributed by atoms with Gasteiger partial charge in [0.1, 0.15) is 18.2 Å². The molecule has 28 heavy (non-hydrogen) atoms. The number of likely N-dealkylation sites (N-methyl/N-ethyl adjacent to an activating group) is 1. The Kier molecular flexibility index (Phi) is 7.53. The van der Waals surface area contributed by atoms with Gasteiger partial charge in [0, 0.05) is 20.0 Å². The number of aryl methyl sites for hydroxylation is 2. The molecule has 0 radical (unpaired) electrons. The zero-order valence-corrected chi connectivity index (χ0v) is 17.1. The number of rotatable bonds is 9. The summed E-state index contributed by atoms with van der Waals surface area (Å²) in [7, 11) is -2.05. The molecule has 0 aromatic heterocycles. The van der Waals surface area contributed by atoms with E-state index in [9.17, 15) is 17.6 Å². The van der Waals surface area contributed by atoms with Crippen LogP contribution in [0.1, 0.15) is 17.5 Å². The van der Waals surface area contributed by atoms with E-state index < -0.39 is 10.0 Å². The zero-order chi connectivity index (χ0) is 20.7. The molecule has 2 aromatic rings. The van der Waals surface area contributed by atoms with Crippen LogP contribution in [0.3, 0.4) is 0 Å². The normalized spacial score (nSPS) is 11.3. The van der Waals surface area contributed by atoms with Gasteiger partial charge in [-0.3, -0.25) is 4.79 Å². The Hall–Kier alpha value is -2.45. The third-order valence-electron chi connectivity index (χ3n) is 4.20. The Morgan fingerprint density at radius 1 is 1.14 bits per heavy atom. The van der Waals surface area contributed by atoms with E-state index in [0.717, 1.165) is 5.56 Å². The van der Waals surface area contributed by atoms with Crippen molar-refractivity contribution in [3.05, 3.63) is 59.4 Å². The molecule has 2 rings (SSSR count). The topological polar surface area (TPSA) is 75.7 Å². The lowest BCUT2D eigenvalue weighted by Crippen LogP contribution is -2.34. The van der Waals surface area contributed by atoms with Gasteiger partial charge in [-0.05, 0) is 55.3 Å². The fourth-order valence-corrected chi connectivity index (χ4v) is 3.87. The van der Waals surface area contributed by atoms with Crippen LogP contribution >= 0.6 is 0 Å². The van der Waals surface area contributed by atoms with Crippen LogP contribution in [0.5, 0.6) is 5.75 Å². The van der Waals surface area contributed by atoms with Gasteiger partial charge in [0.15, 0.2) is 0 Å². The van der Waals surface area contributed by atoms with Crippen LogP contribution in [0.25, 0.3) is 0 Å². The van der Waals surface area contributed by atoms with E-state index in [1.54, 1.807) is 26.1 Å². The molecule has 0 atom stereocenters. The second kappa shape index (κ2) is 9.66. The summed E-state index contributed by atoms with van der Waals surface area (Å²) in [6.07, 6.45) is 0.0388. The molecular weight excluding hydrogens is 383 g/mol. The molecule has 1 amide bonds. The summed E-state index contributed by atoms with van der Waals surface area (Å²) < 4.78 is 45.6. The molecule has 0 aliphatic carbocycles. The molecular formula is C20H25FN2O4S. The van der Waals surface area contributed by atoms with E-state index in [-0.39, 0.29) is 36.2 Å².